The van der Waals surface area contributed by atoms with Crippen LogP contribution in [0.1, 0.15) is 11.1 Å². The van der Waals surface area contributed by atoms with E-state index in [-0.39, 0.29) is 5.69 Å². The number of carbonyl (C=O) groups is 1. The molecule has 2 aromatic heterocycles. The van der Waals surface area contributed by atoms with E-state index in [1.807, 2.05) is 6.92 Å². The molecule has 0 atom stereocenters. The highest BCUT2D eigenvalue weighted by molar-refractivity contribution is 6.31. The average Bonchev–Trinajstić information content (AvgIpc) is 3.27. The highest BCUT2D eigenvalue weighted by atomic mass is 35.5. The first kappa shape index (κ1) is 24.8. The molecular weight excluding hydrogens is 499 g/mol. The van der Waals surface area contributed by atoms with Crippen LogP contribution in [0.4, 0.5) is 41.0 Å². The molecule has 0 unspecified atom stereocenters. The van der Waals surface area contributed by atoms with Gasteiger partial charge in [-0.05, 0) is 55.0 Å². The zero-order chi connectivity index (χ0) is 25.9. The number of nitrogens with zero attached hydrogens (tertiary/aromatic N) is 3. The Kier molecular flexibility index (Phi) is 6.97. The van der Waals surface area contributed by atoms with E-state index in [9.17, 15) is 18.0 Å². The highest BCUT2D eigenvalue weighted by Crippen LogP contribution is 2.36. The first-order valence-electron chi connectivity index (χ1n) is 10.4. The van der Waals surface area contributed by atoms with E-state index in [1.165, 1.54) is 13.2 Å². The molecule has 2 amide bonds. The molecule has 4 N–H and O–H groups in total. The number of aromatic amines is 1. The Bertz CT molecular complexity index is 1410. The number of anilines is 4. The Labute approximate surface area is 208 Å². The number of alkyl halides is 3. The Morgan fingerprint density at radius 1 is 1.06 bits per heavy atom. The van der Waals surface area contributed by atoms with Gasteiger partial charge in [0.1, 0.15) is 11.6 Å². The van der Waals surface area contributed by atoms with Crippen molar-refractivity contribution >= 4 is 40.6 Å². The SMILES string of the molecule is COc1cc(Nc2ccnc(-c3ccc(NC(=O)Nc4ccc(Cl)c(C(F)(F)F)c4)cc3C)n2)[nH]n1. The summed E-state index contributed by atoms with van der Waals surface area (Å²) in [7, 11) is 1.51. The maximum Gasteiger partial charge on any atom is 0.417 e. The smallest absolute Gasteiger partial charge is 0.417 e. The van der Waals surface area contributed by atoms with Crippen LogP contribution >= 0.6 is 11.6 Å². The van der Waals surface area contributed by atoms with Crippen molar-refractivity contribution in [2.75, 3.05) is 23.1 Å². The molecule has 2 aromatic carbocycles. The van der Waals surface area contributed by atoms with Gasteiger partial charge in [-0.2, -0.15) is 13.2 Å². The minimum Gasteiger partial charge on any atom is -0.480 e. The Balaban J connectivity index is 1.45. The van der Waals surface area contributed by atoms with Gasteiger partial charge in [-0.1, -0.05) is 11.6 Å². The standard InChI is InChI=1S/C23H19ClF3N7O2/c1-12-9-13(29-22(35)30-14-4-6-17(24)16(10-14)23(25,26)27)3-5-15(12)21-28-8-7-18(32-21)31-19-11-20(36-2)34-33-19/h3-11H,1-2H3,(H2,29,30,35)(H2,28,31,32,33,34). The largest absolute Gasteiger partial charge is 0.480 e. The summed E-state index contributed by atoms with van der Waals surface area (Å²) in [4.78, 5) is 21.2. The van der Waals surface area contributed by atoms with Crippen molar-refractivity contribution in [1.82, 2.24) is 20.2 Å². The van der Waals surface area contributed by atoms with Gasteiger partial charge in [0, 0.05) is 29.2 Å². The molecule has 0 bridgehead atoms. The molecule has 4 aromatic rings. The minimum absolute atomic E-state index is 0.0508. The summed E-state index contributed by atoms with van der Waals surface area (Å²) in [5.41, 5.74) is 0.826. The van der Waals surface area contributed by atoms with E-state index < -0.39 is 22.8 Å². The molecule has 2 heterocycles. The number of carbonyl (C=O) groups excluding carboxylic acids is 1. The van der Waals surface area contributed by atoms with Crippen molar-refractivity contribution in [3.05, 3.63) is 70.9 Å². The Morgan fingerprint density at radius 2 is 1.78 bits per heavy atom. The Hall–Kier alpha value is -4.32. The second-order valence-corrected chi connectivity index (χ2v) is 7.92. The van der Waals surface area contributed by atoms with Crippen LogP contribution in [0.2, 0.25) is 5.02 Å². The summed E-state index contributed by atoms with van der Waals surface area (Å²) in [6, 6.07) is 10.8. The summed E-state index contributed by atoms with van der Waals surface area (Å²) in [5, 5.41) is 14.3. The number of hydrogen-bond donors (Lipinski definition) is 4. The van der Waals surface area contributed by atoms with Gasteiger partial charge in [-0.25, -0.2) is 14.8 Å². The number of benzene rings is 2. The lowest BCUT2D eigenvalue weighted by molar-refractivity contribution is -0.137. The number of aryl methyl sites for hydroxylation is 1. The zero-order valence-electron chi connectivity index (χ0n) is 18.9. The zero-order valence-corrected chi connectivity index (χ0v) is 19.6. The molecule has 0 fully saturated rings. The molecule has 186 valence electrons. The monoisotopic (exact) mass is 517 g/mol. The molecule has 0 saturated heterocycles. The van der Waals surface area contributed by atoms with Crippen molar-refractivity contribution in [3.63, 3.8) is 0 Å². The molecule has 4 rings (SSSR count). The van der Waals surface area contributed by atoms with Crippen LogP contribution in [0.3, 0.4) is 0 Å². The number of hydrogen-bond acceptors (Lipinski definition) is 6. The van der Waals surface area contributed by atoms with Crippen molar-refractivity contribution in [1.29, 1.82) is 0 Å². The van der Waals surface area contributed by atoms with Crippen molar-refractivity contribution in [2.24, 2.45) is 0 Å². The van der Waals surface area contributed by atoms with Gasteiger partial charge in [0.25, 0.3) is 0 Å². The Morgan fingerprint density at radius 3 is 2.44 bits per heavy atom. The van der Waals surface area contributed by atoms with Crippen LogP contribution in [-0.2, 0) is 6.18 Å². The number of amides is 2. The molecule has 0 aliphatic heterocycles. The lowest BCUT2D eigenvalue weighted by atomic mass is 10.1. The van der Waals surface area contributed by atoms with E-state index in [4.69, 9.17) is 16.3 Å². The van der Waals surface area contributed by atoms with E-state index in [0.717, 1.165) is 23.3 Å². The number of ether oxygens (including phenoxy) is 1. The van der Waals surface area contributed by atoms with Crippen LogP contribution in [0.25, 0.3) is 11.4 Å². The van der Waals surface area contributed by atoms with E-state index in [1.54, 1.807) is 36.5 Å². The fourth-order valence-electron chi connectivity index (χ4n) is 3.27. The van der Waals surface area contributed by atoms with Crippen LogP contribution in [-0.4, -0.2) is 33.3 Å². The number of urea groups is 1. The third-order valence-electron chi connectivity index (χ3n) is 4.94. The van der Waals surface area contributed by atoms with Gasteiger partial charge < -0.3 is 20.7 Å². The summed E-state index contributed by atoms with van der Waals surface area (Å²) >= 11 is 5.62. The predicted molar refractivity (Wildman–Crippen MR) is 130 cm³/mol. The molecule has 0 radical (unpaired) electrons. The molecule has 0 aliphatic carbocycles. The highest BCUT2D eigenvalue weighted by Gasteiger charge is 2.33. The molecular formula is C23H19ClF3N7O2. The molecule has 0 spiro atoms. The van der Waals surface area contributed by atoms with E-state index >= 15 is 0 Å². The van der Waals surface area contributed by atoms with Crippen molar-refractivity contribution in [2.45, 2.75) is 13.1 Å². The summed E-state index contributed by atoms with van der Waals surface area (Å²) < 4.78 is 44.2. The molecule has 13 heteroatoms. The summed E-state index contributed by atoms with van der Waals surface area (Å²) in [6.45, 7) is 1.82. The van der Waals surface area contributed by atoms with Crippen LogP contribution in [0.5, 0.6) is 5.88 Å². The maximum absolute atomic E-state index is 13.0. The molecule has 0 aliphatic rings. The first-order valence-corrected chi connectivity index (χ1v) is 10.8. The first-order chi connectivity index (χ1) is 17.1. The van der Waals surface area contributed by atoms with Gasteiger partial charge >= 0.3 is 12.2 Å². The van der Waals surface area contributed by atoms with Crippen LogP contribution in [0.15, 0.2) is 54.7 Å². The minimum atomic E-state index is -4.64. The van der Waals surface area contributed by atoms with Crippen molar-refractivity contribution in [3.8, 4) is 17.3 Å². The molecule has 9 nitrogen and oxygen atoms in total. The number of nitrogens with one attached hydrogen (secondary N) is 4. The lowest BCUT2D eigenvalue weighted by Gasteiger charge is -2.13. The predicted octanol–water partition coefficient (Wildman–Crippen LogP) is 6.24. The number of aromatic nitrogens is 4. The molecule has 36 heavy (non-hydrogen) atoms. The fraction of sp³-hybridized carbons (Fsp3) is 0.130. The van der Waals surface area contributed by atoms with Gasteiger partial charge in [-0.15, -0.1) is 5.10 Å². The topological polar surface area (TPSA) is 117 Å². The normalized spacial score (nSPS) is 11.2. The van der Waals surface area contributed by atoms with E-state index in [0.29, 0.717) is 29.0 Å². The summed E-state index contributed by atoms with van der Waals surface area (Å²) in [6.07, 6.45) is -3.04. The van der Waals surface area contributed by atoms with Crippen LogP contribution < -0.4 is 20.7 Å². The van der Waals surface area contributed by atoms with E-state index in [2.05, 4.69) is 36.1 Å². The number of H-pyrrole nitrogens is 1. The third kappa shape index (κ3) is 5.84. The third-order valence-corrected chi connectivity index (χ3v) is 5.27. The number of halogens is 4. The average molecular weight is 518 g/mol. The van der Waals surface area contributed by atoms with Crippen LogP contribution in [0, 0.1) is 6.92 Å². The van der Waals surface area contributed by atoms with Gasteiger partial charge in [0.15, 0.2) is 5.82 Å². The number of methoxy groups -OCH3 is 1. The second kappa shape index (κ2) is 10.1. The quantitative estimate of drug-likeness (QED) is 0.240. The summed E-state index contributed by atoms with van der Waals surface area (Å²) in [5.74, 6) is 1.97. The maximum atomic E-state index is 13.0. The molecule has 0 saturated carbocycles. The van der Waals surface area contributed by atoms with Crippen molar-refractivity contribution < 1.29 is 22.7 Å². The van der Waals surface area contributed by atoms with Gasteiger partial charge in [0.2, 0.25) is 5.88 Å². The second-order valence-electron chi connectivity index (χ2n) is 7.52. The fourth-order valence-corrected chi connectivity index (χ4v) is 3.50. The number of rotatable bonds is 6. The van der Waals surface area contributed by atoms with Gasteiger partial charge in [-0.3, -0.25) is 5.10 Å². The lowest BCUT2D eigenvalue weighted by Crippen LogP contribution is -2.20. The van der Waals surface area contributed by atoms with Gasteiger partial charge in [0.05, 0.1) is 17.7 Å².